The maximum absolute atomic E-state index is 2.38. The molecule has 0 spiro atoms. The predicted octanol–water partition coefficient (Wildman–Crippen LogP) is 13.5. The number of nitrogens with zero attached hydrogens (tertiary/aromatic N) is 2. The highest BCUT2D eigenvalue weighted by Crippen LogP contribution is 2.37. The number of benzene rings is 8. The Bertz CT molecular complexity index is 2650. The summed E-state index contributed by atoms with van der Waals surface area (Å²) in [5.41, 5.74) is 17.0. The maximum Gasteiger partial charge on any atom is 0.0541 e. The molecule has 0 saturated heterocycles. The zero-order chi connectivity index (χ0) is 34.8. The summed E-state index contributed by atoms with van der Waals surface area (Å²) in [6.45, 7) is 4.37. The molecule has 0 fully saturated rings. The van der Waals surface area contributed by atoms with Crippen molar-refractivity contribution in [3.05, 3.63) is 193 Å². The van der Waals surface area contributed by atoms with Crippen molar-refractivity contribution < 1.29 is 0 Å². The number of hydrogen-bond donors (Lipinski definition) is 0. The molecule has 52 heavy (non-hydrogen) atoms. The molecular weight excluding hydrogens is 629 g/mol. The van der Waals surface area contributed by atoms with Gasteiger partial charge in [-0.3, -0.25) is 0 Å². The van der Waals surface area contributed by atoms with Crippen molar-refractivity contribution in [2.75, 3.05) is 0 Å². The first-order chi connectivity index (χ1) is 25.6. The average molecular weight is 665 g/mol. The topological polar surface area (TPSA) is 9.86 Å². The molecule has 10 rings (SSSR count). The molecule has 0 atom stereocenters. The zero-order valence-corrected chi connectivity index (χ0v) is 29.2. The maximum atomic E-state index is 2.38. The first-order valence-corrected chi connectivity index (χ1v) is 18.0. The van der Waals surface area contributed by atoms with E-state index in [0.29, 0.717) is 0 Å². The molecule has 2 nitrogen and oxygen atoms in total. The highest BCUT2D eigenvalue weighted by molar-refractivity contribution is 6.10. The Morgan fingerprint density at radius 2 is 0.558 bits per heavy atom. The van der Waals surface area contributed by atoms with Gasteiger partial charge in [-0.2, -0.15) is 0 Å². The van der Waals surface area contributed by atoms with Crippen LogP contribution in [0.3, 0.4) is 0 Å². The Morgan fingerprint density at radius 3 is 0.904 bits per heavy atom. The third kappa shape index (κ3) is 4.95. The zero-order valence-electron chi connectivity index (χ0n) is 29.2. The second-order valence-corrected chi connectivity index (χ2v) is 14.0. The summed E-state index contributed by atoms with van der Waals surface area (Å²) in [6.07, 6.45) is 0. The van der Waals surface area contributed by atoms with E-state index >= 15 is 0 Å². The van der Waals surface area contributed by atoms with E-state index in [9.17, 15) is 0 Å². The molecule has 2 heteroatoms. The van der Waals surface area contributed by atoms with Gasteiger partial charge in [0, 0.05) is 32.9 Å². The minimum Gasteiger partial charge on any atom is -0.309 e. The Morgan fingerprint density at radius 1 is 0.269 bits per heavy atom. The highest BCUT2D eigenvalue weighted by Gasteiger charge is 2.15. The Kier molecular flexibility index (Phi) is 6.97. The standard InChI is InChI=1S/C50H36N2/c1-33-27-34(2)29-37(28-33)40-31-38(35-19-23-41(24-20-35)51-47-15-7-3-11-43(47)44-12-4-8-16-48(44)51)30-39(32-40)36-21-25-42(26-22-36)52-49-17-9-5-13-45(49)46-14-6-10-18-50(46)52/h3-32H,1-2H3. The number of aromatic nitrogens is 2. The van der Waals surface area contributed by atoms with Gasteiger partial charge in [0.2, 0.25) is 0 Å². The summed E-state index contributed by atoms with van der Waals surface area (Å²) in [7, 11) is 0. The largest absolute Gasteiger partial charge is 0.309 e. The summed E-state index contributed by atoms with van der Waals surface area (Å²) < 4.78 is 4.76. The van der Waals surface area contributed by atoms with Crippen LogP contribution < -0.4 is 0 Å². The number of hydrogen-bond acceptors (Lipinski definition) is 0. The van der Waals surface area contributed by atoms with E-state index in [0.717, 1.165) is 11.4 Å². The summed E-state index contributed by atoms with van der Waals surface area (Å²) in [5.74, 6) is 0. The first kappa shape index (κ1) is 30.2. The molecule has 10 aromatic rings. The molecule has 0 aliphatic carbocycles. The van der Waals surface area contributed by atoms with Gasteiger partial charge in [-0.25, -0.2) is 0 Å². The van der Waals surface area contributed by atoms with Crippen LogP contribution in [0.15, 0.2) is 182 Å². The van der Waals surface area contributed by atoms with Gasteiger partial charge < -0.3 is 9.13 Å². The molecule has 2 heterocycles. The molecule has 0 amide bonds. The van der Waals surface area contributed by atoms with Crippen LogP contribution in [0.25, 0.3) is 88.4 Å². The van der Waals surface area contributed by atoms with Crippen molar-refractivity contribution in [1.29, 1.82) is 0 Å². The molecule has 8 aromatic carbocycles. The van der Waals surface area contributed by atoms with Crippen molar-refractivity contribution in [3.8, 4) is 44.8 Å². The van der Waals surface area contributed by atoms with Crippen molar-refractivity contribution in [3.63, 3.8) is 0 Å². The van der Waals surface area contributed by atoms with E-state index in [4.69, 9.17) is 0 Å². The smallest absolute Gasteiger partial charge is 0.0541 e. The van der Waals surface area contributed by atoms with Crippen LogP contribution in [-0.4, -0.2) is 9.13 Å². The highest BCUT2D eigenvalue weighted by atomic mass is 15.0. The monoisotopic (exact) mass is 664 g/mol. The predicted molar refractivity (Wildman–Crippen MR) is 221 cm³/mol. The van der Waals surface area contributed by atoms with Crippen molar-refractivity contribution in [1.82, 2.24) is 9.13 Å². The summed E-state index contributed by atoms with van der Waals surface area (Å²) in [5, 5.41) is 5.10. The van der Waals surface area contributed by atoms with Gasteiger partial charge >= 0.3 is 0 Å². The Labute approximate surface area is 303 Å². The van der Waals surface area contributed by atoms with Gasteiger partial charge in [-0.15, -0.1) is 0 Å². The minimum atomic E-state index is 1.16. The molecule has 2 aromatic heterocycles. The van der Waals surface area contributed by atoms with E-state index in [2.05, 4.69) is 205 Å². The van der Waals surface area contributed by atoms with E-state index in [1.54, 1.807) is 0 Å². The van der Waals surface area contributed by atoms with Crippen LogP contribution in [0, 0.1) is 13.8 Å². The van der Waals surface area contributed by atoms with Gasteiger partial charge in [-0.1, -0.05) is 126 Å². The van der Waals surface area contributed by atoms with Crippen LogP contribution in [0.4, 0.5) is 0 Å². The van der Waals surface area contributed by atoms with E-state index in [1.807, 2.05) is 0 Å². The van der Waals surface area contributed by atoms with Crippen LogP contribution in [-0.2, 0) is 0 Å². The normalized spacial score (nSPS) is 11.7. The lowest BCUT2D eigenvalue weighted by Gasteiger charge is -2.14. The second-order valence-electron chi connectivity index (χ2n) is 14.0. The number of rotatable bonds is 5. The van der Waals surface area contributed by atoms with Crippen molar-refractivity contribution in [2.45, 2.75) is 13.8 Å². The molecule has 0 N–H and O–H groups in total. The van der Waals surface area contributed by atoms with Crippen LogP contribution in [0.5, 0.6) is 0 Å². The average Bonchev–Trinajstić information content (AvgIpc) is 3.71. The third-order valence-corrected chi connectivity index (χ3v) is 10.6. The Balaban J connectivity index is 1.09. The number of aryl methyl sites for hydroxylation is 2. The fourth-order valence-electron chi connectivity index (χ4n) is 8.28. The number of para-hydroxylation sites is 4. The lowest BCUT2D eigenvalue weighted by atomic mass is 9.92. The lowest BCUT2D eigenvalue weighted by Crippen LogP contribution is -1.94. The quantitative estimate of drug-likeness (QED) is 0.173. The molecule has 0 aliphatic rings. The van der Waals surface area contributed by atoms with Gasteiger partial charge in [0.05, 0.1) is 22.1 Å². The van der Waals surface area contributed by atoms with Crippen molar-refractivity contribution in [2.24, 2.45) is 0 Å². The van der Waals surface area contributed by atoms with Gasteiger partial charge in [0.15, 0.2) is 0 Å². The summed E-state index contributed by atoms with van der Waals surface area (Å²) >= 11 is 0. The fraction of sp³-hybridized carbons (Fsp3) is 0.0400. The summed E-state index contributed by atoms with van der Waals surface area (Å²) in [6, 6.07) is 66.8. The molecule has 0 unspecified atom stereocenters. The summed E-state index contributed by atoms with van der Waals surface area (Å²) in [4.78, 5) is 0. The SMILES string of the molecule is Cc1cc(C)cc(-c2cc(-c3ccc(-n4c5ccccc5c5ccccc54)cc3)cc(-c3ccc(-n4c5ccccc5c5ccccc54)cc3)c2)c1. The van der Waals surface area contributed by atoms with Crippen LogP contribution in [0.2, 0.25) is 0 Å². The second kappa shape index (κ2) is 12.0. The molecule has 0 bridgehead atoms. The fourth-order valence-corrected chi connectivity index (χ4v) is 8.28. The number of fused-ring (bicyclic) bond motifs is 6. The van der Waals surface area contributed by atoms with Gasteiger partial charge in [-0.05, 0) is 114 Å². The molecule has 246 valence electrons. The molecule has 0 saturated carbocycles. The van der Waals surface area contributed by atoms with E-state index in [1.165, 1.54) is 88.1 Å². The molecule has 0 aliphatic heterocycles. The minimum absolute atomic E-state index is 1.16. The van der Waals surface area contributed by atoms with Crippen molar-refractivity contribution >= 4 is 43.6 Å². The van der Waals surface area contributed by atoms with Crippen LogP contribution >= 0.6 is 0 Å². The van der Waals surface area contributed by atoms with E-state index < -0.39 is 0 Å². The van der Waals surface area contributed by atoms with Crippen LogP contribution in [0.1, 0.15) is 11.1 Å². The third-order valence-electron chi connectivity index (χ3n) is 10.6. The Hall–Kier alpha value is -6.64. The van der Waals surface area contributed by atoms with Gasteiger partial charge in [0.25, 0.3) is 0 Å². The van der Waals surface area contributed by atoms with E-state index in [-0.39, 0.29) is 0 Å². The molecule has 0 radical (unpaired) electrons. The van der Waals surface area contributed by atoms with Gasteiger partial charge in [0.1, 0.15) is 0 Å². The molecular formula is C50H36N2. The first-order valence-electron chi connectivity index (χ1n) is 18.0. The lowest BCUT2D eigenvalue weighted by molar-refractivity contribution is 1.18.